The first-order chi connectivity index (χ1) is 9.58. The van der Waals surface area contributed by atoms with Crippen LogP contribution in [-0.4, -0.2) is 9.38 Å². The molecule has 0 unspecified atom stereocenters. The van der Waals surface area contributed by atoms with E-state index in [4.69, 9.17) is 5.73 Å². The molecule has 3 aromatic rings. The molecular formula is C17H19N3. The molecule has 0 atom stereocenters. The second-order valence-electron chi connectivity index (χ2n) is 5.40. The van der Waals surface area contributed by atoms with Gasteiger partial charge in [-0.15, -0.1) is 0 Å². The highest BCUT2D eigenvalue weighted by atomic mass is 14.9. The summed E-state index contributed by atoms with van der Waals surface area (Å²) in [5.74, 6) is 0. The fourth-order valence-corrected chi connectivity index (χ4v) is 2.59. The maximum absolute atomic E-state index is 5.65. The predicted octanol–water partition coefficient (Wildman–Crippen LogP) is 3.39. The van der Waals surface area contributed by atoms with Crippen LogP contribution in [0, 0.1) is 20.8 Å². The number of aromatic nitrogens is 2. The fourth-order valence-electron chi connectivity index (χ4n) is 2.59. The van der Waals surface area contributed by atoms with Crippen molar-refractivity contribution in [1.29, 1.82) is 0 Å². The molecule has 3 rings (SSSR count). The molecule has 0 radical (unpaired) electrons. The van der Waals surface area contributed by atoms with Crippen molar-refractivity contribution in [2.75, 3.05) is 0 Å². The SMILES string of the molecule is Cc1cc(C)c(-c2cc3cc(CN)ncn3c2)cc1C. The number of nitrogens with two attached hydrogens (primary N) is 1. The van der Waals surface area contributed by atoms with Crippen molar-refractivity contribution in [2.45, 2.75) is 27.3 Å². The molecule has 0 saturated heterocycles. The van der Waals surface area contributed by atoms with Crippen molar-refractivity contribution in [3.8, 4) is 11.1 Å². The Labute approximate surface area is 119 Å². The van der Waals surface area contributed by atoms with E-state index < -0.39 is 0 Å². The summed E-state index contributed by atoms with van der Waals surface area (Å²) in [6.45, 7) is 6.94. The quantitative estimate of drug-likeness (QED) is 0.772. The summed E-state index contributed by atoms with van der Waals surface area (Å²) < 4.78 is 2.04. The van der Waals surface area contributed by atoms with Crippen molar-refractivity contribution < 1.29 is 0 Å². The molecule has 0 bridgehead atoms. The lowest BCUT2D eigenvalue weighted by molar-refractivity contribution is 0.953. The number of hydrogen-bond donors (Lipinski definition) is 1. The van der Waals surface area contributed by atoms with Gasteiger partial charge in [-0.3, -0.25) is 0 Å². The maximum Gasteiger partial charge on any atom is 0.0994 e. The zero-order valence-electron chi connectivity index (χ0n) is 12.1. The summed E-state index contributed by atoms with van der Waals surface area (Å²) in [4.78, 5) is 4.32. The lowest BCUT2D eigenvalue weighted by Gasteiger charge is -2.08. The van der Waals surface area contributed by atoms with Crippen molar-refractivity contribution >= 4 is 5.52 Å². The standard InChI is InChI=1S/C17H19N3/c1-11-4-13(3)17(5-12(11)2)14-6-16-7-15(8-18)19-10-20(16)9-14/h4-7,9-10H,8,18H2,1-3H3. The molecule has 0 fully saturated rings. The zero-order valence-corrected chi connectivity index (χ0v) is 12.1. The Kier molecular flexibility index (Phi) is 3.07. The molecule has 2 N–H and O–H groups in total. The van der Waals surface area contributed by atoms with Crippen LogP contribution in [0.4, 0.5) is 0 Å². The zero-order chi connectivity index (χ0) is 14.3. The minimum Gasteiger partial charge on any atom is -0.325 e. The second kappa shape index (κ2) is 4.76. The van der Waals surface area contributed by atoms with E-state index in [0.717, 1.165) is 11.2 Å². The van der Waals surface area contributed by atoms with Crippen molar-refractivity contribution in [3.05, 3.63) is 59.2 Å². The van der Waals surface area contributed by atoms with Crippen LogP contribution in [0.3, 0.4) is 0 Å². The number of fused-ring (bicyclic) bond motifs is 1. The van der Waals surface area contributed by atoms with Crippen molar-refractivity contribution in [2.24, 2.45) is 5.73 Å². The molecule has 3 nitrogen and oxygen atoms in total. The molecule has 0 amide bonds. The molecule has 20 heavy (non-hydrogen) atoms. The molecule has 0 aliphatic heterocycles. The van der Waals surface area contributed by atoms with Crippen LogP contribution in [0.15, 0.2) is 36.8 Å². The number of hydrogen-bond acceptors (Lipinski definition) is 2. The summed E-state index contributed by atoms with van der Waals surface area (Å²) in [6, 6.07) is 8.74. The minimum atomic E-state index is 0.472. The Balaban J connectivity index is 2.17. The van der Waals surface area contributed by atoms with Gasteiger partial charge in [0, 0.05) is 23.8 Å². The maximum atomic E-state index is 5.65. The molecule has 3 heteroatoms. The first kappa shape index (κ1) is 12.9. The number of aryl methyl sites for hydroxylation is 3. The molecule has 0 aliphatic carbocycles. The smallest absolute Gasteiger partial charge is 0.0994 e. The highest BCUT2D eigenvalue weighted by molar-refractivity contribution is 5.73. The van der Waals surface area contributed by atoms with Crippen LogP contribution in [0.25, 0.3) is 16.6 Å². The van der Waals surface area contributed by atoms with Gasteiger partial charge in [0.2, 0.25) is 0 Å². The molecule has 1 aromatic carbocycles. The first-order valence-electron chi connectivity index (χ1n) is 6.83. The monoisotopic (exact) mass is 265 g/mol. The molecule has 0 saturated carbocycles. The molecule has 2 heterocycles. The Bertz CT molecular complexity index is 784. The van der Waals surface area contributed by atoms with Crippen LogP contribution in [-0.2, 0) is 6.54 Å². The van der Waals surface area contributed by atoms with E-state index in [1.165, 1.54) is 27.8 Å². The van der Waals surface area contributed by atoms with Crippen LogP contribution in [0.5, 0.6) is 0 Å². The first-order valence-corrected chi connectivity index (χ1v) is 6.83. The normalized spacial score (nSPS) is 11.2. The van der Waals surface area contributed by atoms with Gasteiger partial charge in [-0.25, -0.2) is 4.98 Å². The third kappa shape index (κ3) is 2.10. The summed E-state index contributed by atoms with van der Waals surface area (Å²) in [5, 5.41) is 0. The average molecular weight is 265 g/mol. The number of rotatable bonds is 2. The highest BCUT2D eigenvalue weighted by Crippen LogP contribution is 2.28. The number of nitrogens with zero attached hydrogens (tertiary/aromatic N) is 2. The Morgan fingerprint density at radius 3 is 2.50 bits per heavy atom. The summed E-state index contributed by atoms with van der Waals surface area (Å²) in [5.41, 5.74) is 14.2. The molecule has 0 aliphatic rings. The third-order valence-corrected chi connectivity index (χ3v) is 3.90. The lowest BCUT2D eigenvalue weighted by atomic mass is 9.97. The minimum absolute atomic E-state index is 0.472. The van der Waals surface area contributed by atoms with E-state index in [-0.39, 0.29) is 0 Å². The molecule has 0 spiro atoms. The topological polar surface area (TPSA) is 43.3 Å². The van der Waals surface area contributed by atoms with Crippen LogP contribution >= 0.6 is 0 Å². The van der Waals surface area contributed by atoms with Crippen molar-refractivity contribution in [3.63, 3.8) is 0 Å². The molecule has 2 aromatic heterocycles. The van der Waals surface area contributed by atoms with E-state index in [1.54, 1.807) is 0 Å². The number of benzene rings is 1. The van der Waals surface area contributed by atoms with E-state index in [1.807, 2.05) is 16.8 Å². The van der Waals surface area contributed by atoms with Crippen LogP contribution in [0.2, 0.25) is 0 Å². The Morgan fingerprint density at radius 1 is 1.00 bits per heavy atom. The molecule has 102 valence electrons. The predicted molar refractivity (Wildman–Crippen MR) is 82.7 cm³/mol. The van der Waals surface area contributed by atoms with E-state index in [9.17, 15) is 0 Å². The van der Waals surface area contributed by atoms with Gasteiger partial charge in [-0.2, -0.15) is 0 Å². The van der Waals surface area contributed by atoms with Gasteiger partial charge < -0.3 is 10.1 Å². The summed E-state index contributed by atoms with van der Waals surface area (Å²) in [6.07, 6.45) is 3.96. The largest absolute Gasteiger partial charge is 0.325 e. The van der Waals surface area contributed by atoms with Gasteiger partial charge in [-0.1, -0.05) is 12.1 Å². The summed E-state index contributed by atoms with van der Waals surface area (Å²) in [7, 11) is 0. The lowest BCUT2D eigenvalue weighted by Crippen LogP contribution is -2.00. The highest BCUT2D eigenvalue weighted by Gasteiger charge is 2.08. The second-order valence-corrected chi connectivity index (χ2v) is 5.40. The fraction of sp³-hybridized carbons (Fsp3) is 0.235. The van der Waals surface area contributed by atoms with Gasteiger partial charge in [0.25, 0.3) is 0 Å². The van der Waals surface area contributed by atoms with E-state index in [2.05, 4.69) is 50.2 Å². The van der Waals surface area contributed by atoms with Gasteiger partial charge in [-0.05, 0) is 55.2 Å². The van der Waals surface area contributed by atoms with E-state index in [0.29, 0.717) is 6.54 Å². The van der Waals surface area contributed by atoms with Crippen LogP contribution < -0.4 is 5.73 Å². The Hall–Kier alpha value is -2.13. The van der Waals surface area contributed by atoms with Crippen molar-refractivity contribution in [1.82, 2.24) is 9.38 Å². The molecular weight excluding hydrogens is 246 g/mol. The van der Waals surface area contributed by atoms with Gasteiger partial charge in [0.05, 0.1) is 12.0 Å². The Morgan fingerprint density at radius 2 is 1.75 bits per heavy atom. The third-order valence-electron chi connectivity index (χ3n) is 3.90. The average Bonchev–Trinajstić information content (AvgIpc) is 2.85. The summed E-state index contributed by atoms with van der Waals surface area (Å²) >= 11 is 0. The van der Waals surface area contributed by atoms with Gasteiger partial charge in [0.15, 0.2) is 0 Å². The van der Waals surface area contributed by atoms with E-state index >= 15 is 0 Å². The van der Waals surface area contributed by atoms with Crippen LogP contribution in [0.1, 0.15) is 22.4 Å². The van der Waals surface area contributed by atoms with Gasteiger partial charge >= 0.3 is 0 Å². The van der Waals surface area contributed by atoms with Gasteiger partial charge in [0.1, 0.15) is 0 Å².